The van der Waals surface area contributed by atoms with E-state index in [1.807, 2.05) is 48.0 Å². The quantitative estimate of drug-likeness (QED) is 0.475. The summed E-state index contributed by atoms with van der Waals surface area (Å²) < 4.78 is 1.80. The Kier molecular flexibility index (Phi) is 6.01. The van der Waals surface area contributed by atoms with Crippen molar-refractivity contribution in [3.63, 3.8) is 0 Å². The number of hydrogen-bond donors (Lipinski definition) is 2. The van der Waals surface area contributed by atoms with Crippen LogP contribution in [0.1, 0.15) is 25.6 Å². The van der Waals surface area contributed by atoms with Crippen LogP contribution in [0.3, 0.4) is 0 Å². The lowest BCUT2D eigenvalue weighted by molar-refractivity contribution is 0.0955. The van der Waals surface area contributed by atoms with Gasteiger partial charge in [-0.05, 0) is 53.8 Å². The number of amides is 2. The number of benzene rings is 2. The number of aromatic nitrogens is 2. The lowest BCUT2D eigenvalue weighted by Crippen LogP contribution is -2.27. The SMILES string of the molecule is O=C(Nc1ccccc1C(=O)NCCc1ccc(-n2cccn2)cc1)c1cccs1. The van der Waals surface area contributed by atoms with Crippen molar-refractivity contribution < 1.29 is 9.59 Å². The van der Waals surface area contributed by atoms with Gasteiger partial charge in [-0.25, -0.2) is 4.68 Å². The molecule has 0 saturated heterocycles. The Morgan fingerprint density at radius 1 is 0.933 bits per heavy atom. The fourth-order valence-corrected chi connectivity index (χ4v) is 3.65. The molecule has 0 fully saturated rings. The van der Waals surface area contributed by atoms with E-state index >= 15 is 0 Å². The van der Waals surface area contributed by atoms with Gasteiger partial charge in [0.05, 0.1) is 21.8 Å². The highest BCUT2D eigenvalue weighted by atomic mass is 32.1. The van der Waals surface area contributed by atoms with Crippen LogP contribution in [-0.2, 0) is 6.42 Å². The van der Waals surface area contributed by atoms with Gasteiger partial charge in [-0.1, -0.05) is 30.3 Å². The predicted octanol–water partition coefficient (Wildman–Crippen LogP) is 4.16. The molecule has 150 valence electrons. The van der Waals surface area contributed by atoms with E-state index < -0.39 is 0 Å². The highest BCUT2D eigenvalue weighted by Gasteiger charge is 2.14. The second-order valence-corrected chi connectivity index (χ2v) is 7.55. The van der Waals surface area contributed by atoms with E-state index in [1.165, 1.54) is 11.3 Å². The van der Waals surface area contributed by atoms with Gasteiger partial charge in [0.1, 0.15) is 0 Å². The number of nitrogens with one attached hydrogen (secondary N) is 2. The van der Waals surface area contributed by atoms with Gasteiger partial charge < -0.3 is 10.6 Å². The number of anilines is 1. The van der Waals surface area contributed by atoms with E-state index in [9.17, 15) is 9.59 Å². The normalized spacial score (nSPS) is 10.5. The maximum Gasteiger partial charge on any atom is 0.265 e. The van der Waals surface area contributed by atoms with E-state index in [1.54, 1.807) is 41.2 Å². The number of carbonyl (C=O) groups is 2. The zero-order valence-electron chi connectivity index (χ0n) is 16.1. The Morgan fingerprint density at radius 2 is 1.77 bits per heavy atom. The summed E-state index contributed by atoms with van der Waals surface area (Å²) in [5, 5.41) is 11.8. The van der Waals surface area contributed by atoms with Gasteiger partial charge >= 0.3 is 0 Å². The molecule has 2 amide bonds. The summed E-state index contributed by atoms with van der Waals surface area (Å²) >= 11 is 1.36. The Morgan fingerprint density at radius 3 is 2.50 bits per heavy atom. The predicted molar refractivity (Wildman–Crippen MR) is 118 cm³/mol. The second-order valence-electron chi connectivity index (χ2n) is 6.60. The van der Waals surface area contributed by atoms with Crippen molar-refractivity contribution in [3.8, 4) is 5.69 Å². The molecule has 6 nitrogen and oxygen atoms in total. The van der Waals surface area contributed by atoms with Gasteiger partial charge in [-0.3, -0.25) is 9.59 Å². The molecule has 0 radical (unpaired) electrons. The van der Waals surface area contributed by atoms with Crippen LogP contribution in [0.15, 0.2) is 84.5 Å². The number of rotatable bonds is 7. The molecule has 0 atom stereocenters. The molecular formula is C23H20N4O2S. The maximum atomic E-state index is 12.7. The van der Waals surface area contributed by atoms with Gasteiger partial charge in [-0.15, -0.1) is 11.3 Å². The Hall–Kier alpha value is -3.71. The number of thiophene rings is 1. The first kappa shape index (κ1) is 19.6. The van der Waals surface area contributed by atoms with Crippen LogP contribution in [0.25, 0.3) is 5.69 Å². The number of carbonyl (C=O) groups excluding carboxylic acids is 2. The Labute approximate surface area is 178 Å². The maximum absolute atomic E-state index is 12.7. The third-order valence-corrected chi connectivity index (χ3v) is 5.44. The van der Waals surface area contributed by atoms with E-state index in [0.717, 1.165) is 11.3 Å². The fraction of sp³-hybridized carbons (Fsp3) is 0.0870. The Balaban J connectivity index is 1.35. The molecule has 0 aliphatic heterocycles. The molecular weight excluding hydrogens is 396 g/mol. The van der Waals surface area contributed by atoms with Crippen molar-refractivity contribution in [3.05, 3.63) is 101 Å². The first-order chi connectivity index (χ1) is 14.7. The van der Waals surface area contributed by atoms with Crippen LogP contribution in [0, 0.1) is 0 Å². The lowest BCUT2D eigenvalue weighted by Gasteiger charge is -2.11. The Bertz CT molecular complexity index is 1120. The van der Waals surface area contributed by atoms with E-state index in [4.69, 9.17) is 0 Å². The molecule has 2 N–H and O–H groups in total. The van der Waals surface area contributed by atoms with Crippen molar-refractivity contribution in [2.24, 2.45) is 0 Å². The monoisotopic (exact) mass is 416 g/mol. The largest absolute Gasteiger partial charge is 0.352 e. The van der Waals surface area contributed by atoms with Crippen LogP contribution >= 0.6 is 11.3 Å². The number of para-hydroxylation sites is 1. The summed E-state index contributed by atoms with van der Waals surface area (Å²) in [5.41, 5.74) is 3.04. The lowest BCUT2D eigenvalue weighted by atomic mass is 10.1. The summed E-state index contributed by atoms with van der Waals surface area (Å²) in [6.45, 7) is 0.493. The van der Waals surface area contributed by atoms with Crippen LogP contribution in [-0.4, -0.2) is 28.1 Å². The highest BCUT2D eigenvalue weighted by Crippen LogP contribution is 2.18. The minimum atomic E-state index is -0.220. The van der Waals surface area contributed by atoms with Gasteiger partial charge in [0.15, 0.2) is 0 Å². The first-order valence-corrected chi connectivity index (χ1v) is 10.4. The minimum absolute atomic E-state index is 0.217. The molecule has 2 heterocycles. The molecule has 2 aromatic carbocycles. The molecule has 0 aliphatic carbocycles. The third-order valence-electron chi connectivity index (χ3n) is 4.57. The zero-order chi connectivity index (χ0) is 20.8. The summed E-state index contributed by atoms with van der Waals surface area (Å²) in [4.78, 5) is 25.6. The molecule has 2 aromatic heterocycles. The third kappa shape index (κ3) is 4.64. The van der Waals surface area contributed by atoms with Gasteiger partial charge in [0.25, 0.3) is 11.8 Å². The van der Waals surface area contributed by atoms with Crippen molar-refractivity contribution in [2.45, 2.75) is 6.42 Å². The van der Waals surface area contributed by atoms with Crippen LogP contribution in [0.2, 0.25) is 0 Å². The van der Waals surface area contributed by atoms with Crippen LogP contribution < -0.4 is 10.6 Å². The summed E-state index contributed by atoms with van der Waals surface area (Å²) in [6, 6.07) is 20.5. The van der Waals surface area contributed by atoms with Crippen molar-refractivity contribution >= 4 is 28.8 Å². The second kappa shape index (κ2) is 9.19. The topological polar surface area (TPSA) is 76.0 Å². The van der Waals surface area contributed by atoms with Crippen molar-refractivity contribution in [1.29, 1.82) is 0 Å². The standard InChI is InChI=1S/C23H20N4O2S/c28-22(19-5-1-2-6-20(19)26-23(29)21-7-3-16-30-21)24-14-12-17-8-10-18(11-9-17)27-15-4-13-25-27/h1-11,13,15-16H,12,14H2,(H,24,28)(H,26,29). The molecule has 4 rings (SSSR count). The van der Waals surface area contributed by atoms with E-state index in [2.05, 4.69) is 15.7 Å². The summed E-state index contributed by atoms with van der Waals surface area (Å²) in [6.07, 6.45) is 4.34. The average Bonchev–Trinajstić information content (AvgIpc) is 3.49. The zero-order valence-corrected chi connectivity index (χ0v) is 16.9. The fourth-order valence-electron chi connectivity index (χ4n) is 3.03. The molecule has 0 bridgehead atoms. The van der Waals surface area contributed by atoms with Crippen LogP contribution in [0.5, 0.6) is 0 Å². The molecule has 0 aliphatic rings. The average molecular weight is 417 g/mol. The molecule has 4 aromatic rings. The van der Waals surface area contributed by atoms with Crippen molar-refractivity contribution in [2.75, 3.05) is 11.9 Å². The first-order valence-electron chi connectivity index (χ1n) is 9.52. The van der Waals surface area contributed by atoms with Gasteiger partial charge in [0, 0.05) is 18.9 Å². The van der Waals surface area contributed by atoms with Gasteiger partial charge in [-0.2, -0.15) is 5.10 Å². The number of nitrogens with zero attached hydrogens (tertiary/aromatic N) is 2. The molecule has 0 spiro atoms. The van der Waals surface area contributed by atoms with E-state index in [0.29, 0.717) is 29.1 Å². The van der Waals surface area contributed by atoms with Crippen molar-refractivity contribution in [1.82, 2.24) is 15.1 Å². The smallest absolute Gasteiger partial charge is 0.265 e. The molecule has 30 heavy (non-hydrogen) atoms. The summed E-state index contributed by atoms with van der Waals surface area (Å²) in [5.74, 6) is -0.437. The summed E-state index contributed by atoms with van der Waals surface area (Å²) in [7, 11) is 0. The van der Waals surface area contributed by atoms with Crippen LogP contribution in [0.4, 0.5) is 5.69 Å². The highest BCUT2D eigenvalue weighted by molar-refractivity contribution is 7.12. The number of hydrogen-bond acceptors (Lipinski definition) is 4. The van der Waals surface area contributed by atoms with Gasteiger partial charge in [0.2, 0.25) is 0 Å². The molecule has 0 saturated carbocycles. The van der Waals surface area contributed by atoms with E-state index in [-0.39, 0.29) is 11.8 Å². The minimum Gasteiger partial charge on any atom is -0.352 e. The molecule has 0 unspecified atom stereocenters. The molecule has 7 heteroatoms.